The number of nitrogens with one attached hydrogen (secondary N) is 1. The number of rotatable bonds is 3. The Balaban J connectivity index is 1.88. The minimum absolute atomic E-state index is 0.266. The smallest absolute Gasteiger partial charge is 0.0753 e. The molecule has 0 aromatic carbocycles. The van der Waals surface area contributed by atoms with E-state index in [-0.39, 0.29) is 6.04 Å². The number of ether oxygens (including phenoxy) is 1. The van der Waals surface area contributed by atoms with Gasteiger partial charge in [-0.05, 0) is 19.8 Å². The minimum Gasteiger partial charge on any atom is -0.381 e. The lowest BCUT2D eigenvalue weighted by Gasteiger charge is -2.26. The molecule has 2 heterocycles. The highest BCUT2D eigenvalue weighted by Crippen LogP contribution is 2.13. The number of aromatic nitrogens is 2. The highest BCUT2D eigenvalue weighted by molar-refractivity contribution is 5.01. The van der Waals surface area contributed by atoms with Crippen molar-refractivity contribution in [2.75, 3.05) is 13.2 Å². The third kappa shape index (κ3) is 2.97. The summed E-state index contributed by atoms with van der Waals surface area (Å²) in [6.45, 7) is 3.86. The molecule has 4 heteroatoms. The van der Waals surface area contributed by atoms with Gasteiger partial charge in [0.2, 0.25) is 0 Å². The van der Waals surface area contributed by atoms with Gasteiger partial charge in [0.1, 0.15) is 0 Å². The zero-order valence-corrected chi connectivity index (χ0v) is 9.02. The predicted molar refractivity (Wildman–Crippen MR) is 57.4 cm³/mol. The van der Waals surface area contributed by atoms with Crippen LogP contribution in [-0.4, -0.2) is 29.2 Å². The average molecular weight is 207 g/mol. The van der Waals surface area contributed by atoms with Crippen molar-refractivity contribution in [3.8, 4) is 0 Å². The standard InChI is InChI=1S/C11H17N3O/c1-9(11-8-12-4-5-13-11)14-10-2-6-15-7-3-10/h4-5,8-10,14H,2-3,6-7H2,1H3. The van der Waals surface area contributed by atoms with Gasteiger partial charge in [-0.3, -0.25) is 9.97 Å². The summed E-state index contributed by atoms with van der Waals surface area (Å²) in [7, 11) is 0. The van der Waals surface area contributed by atoms with E-state index in [2.05, 4.69) is 22.2 Å². The first-order chi connectivity index (χ1) is 7.36. The Hall–Kier alpha value is -1.00. The number of hydrogen-bond donors (Lipinski definition) is 1. The molecular formula is C11H17N3O. The van der Waals surface area contributed by atoms with Crippen molar-refractivity contribution in [3.05, 3.63) is 24.3 Å². The first-order valence-corrected chi connectivity index (χ1v) is 5.46. The summed E-state index contributed by atoms with van der Waals surface area (Å²) in [5.74, 6) is 0. The van der Waals surface area contributed by atoms with Crippen molar-refractivity contribution in [2.24, 2.45) is 0 Å². The summed E-state index contributed by atoms with van der Waals surface area (Å²) < 4.78 is 5.32. The predicted octanol–water partition coefficient (Wildman–Crippen LogP) is 1.31. The van der Waals surface area contributed by atoms with Gasteiger partial charge < -0.3 is 10.1 Å². The van der Waals surface area contributed by atoms with E-state index >= 15 is 0 Å². The monoisotopic (exact) mass is 207 g/mol. The lowest BCUT2D eigenvalue weighted by Crippen LogP contribution is -2.36. The zero-order valence-electron chi connectivity index (χ0n) is 9.02. The topological polar surface area (TPSA) is 47.0 Å². The number of hydrogen-bond acceptors (Lipinski definition) is 4. The van der Waals surface area contributed by atoms with Gasteiger partial charge in [-0.1, -0.05) is 0 Å². The largest absolute Gasteiger partial charge is 0.381 e. The van der Waals surface area contributed by atoms with Gasteiger partial charge in [-0.15, -0.1) is 0 Å². The Kier molecular flexibility index (Phi) is 3.64. The first kappa shape index (κ1) is 10.5. The van der Waals surface area contributed by atoms with Gasteiger partial charge in [0.05, 0.1) is 5.69 Å². The summed E-state index contributed by atoms with van der Waals surface area (Å²) >= 11 is 0. The van der Waals surface area contributed by atoms with Crippen LogP contribution in [0, 0.1) is 0 Å². The molecule has 1 aromatic rings. The van der Waals surface area contributed by atoms with Crippen LogP contribution in [0.15, 0.2) is 18.6 Å². The van der Waals surface area contributed by atoms with Gasteiger partial charge in [0.25, 0.3) is 0 Å². The molecule has 0 radical (unpaired) electrons. The Bertz CT molecular complexity index is 285. The molecule has 0 saturated carbocycles. The highest BCUT2D eigenvalue weighted by Gasteiger charge is 2.16. The van der Waals surface area contributed by atoms with Gasteiger partial charge in [-0.2, -0.15) is 0 Å². The molecule has 0 amide bonds. The Labute approximate surface area is 90.1 Å². The van der Waals surface area contributed by atoms with Gasteiger partial charge in [-0.25, -0.2) is 0 Å². The van der Waals surface area contributed by atoms with E-state index in [0.717, 1.165) is 31.7 Å². The van der Waals surface area contributed by atoms with Crippen LogP contribution in [0.25, 0.3) is 0 Å². The average Bonchev–Trinajstić information content (AvgIpc) is 2.31. The molecule has 1 N–H and O–H groups in total. The van der Waals surface area contributed by atoms with Crippen molar-refractivity contribution in [1.82, 2.24) is 15.3 Å². The highest BCUT2D eigenvalue weighted by atomic mass is 16.5. The van der Waals surface area contributed by atoms with Crippen molar-refractivity contribution in [1.29, 1.82) is 0 Å². The third-order valence-electron chi connectivity index (χ3n) is 2.73. The third-order valence-corrected chi connectivity index (χ3v) is 2.73. The molecule has 2 rings (SSSR count). The van der Waals surface area contributed by atoms with Crippen LogP contribution >= 0.6 is 0 Å². The maximum absolute atomic E-state index is 5.32. The van der Waals surface area contributed by atoms with Gasteiger partial charge in [0.15, 0.2) is 0 Å². The Morgan fingerprint density at radius 3 is 2.87 bits per heavy atom. The van der Waals surface area contributed by atoms with Crippen LogP contribution in [0.4, 0.5) is 0 Å². The van der Waals surface area contributed by atoms with Crippen LogP contribution in [-0.2, 0) is 4.74 Å². The molecule has 1 atom stereocenters. The van der Waals surface area contributed by atoms with Crippen molar-refractivity contribution in [2.45, 2.75) is 31.8 Å². The maximum Gasteiger partial charge on any atom is 0.0753 e. The fraction of sp³-hybridized carbons (Fsp3) is 0.636. The van der Waals surface area contributed by atoms with E-state index in [1.807, 2.05) is 6.20 Å². The van der Waals surface area contributed by atoms with Crippen LogP contribution in [0.2, 0.25) is 0 Å². The lowest BCUT2D eigenvalue weighted by molar-refractivity contribution is 0.0753. The van der Waals surface area contributed by atoms with E-state index in [1.54, 1.807) is 12.4 Å². The van der Waals surface area contributed by atoms with E-state index in [4.69, 9.17) is 4.74 Å². The number of nitrogens with zero attached hydrogens (tertiary/aromatic N) is 2. The molecule has 0 bridgehead atoms. The molecule has 1 aromatic heterocycles. The molecule has 1 unspecified atom stereocenters. The van der Waals surface area contributed by atoms with E-state index in [9.17, 15) is 0 Å². The molecule has 4 nitrogen and oxygen atoms in total. The second kappa shape index (κ2) is 5.19. The van der Waals surface area contributed by atoms with Crippen molar-refractivity contribution >= 4 is 0 Å². The van der Waals surface area contributed by atoms with Crippen LogP contribution in [0.3, 0.4) is 0 Å². The van der Waals surface area contributed by atoms with Gasteiger partial charge >= 0.3 is 0 Å². The molecule has 0 aliphatic carbocycles. The molecule has 0 spiro atoms. The fourth-order valence-corrected chi connectivity index (χ4v) is 1.84. The summed E-state index contributed by atoms with van der Waals surface area (Å²) in [6, 6.07) is 0.817. The van der Waals surface area contributed by atoms with E-state index in [1.165, 1.54) is 0 Å². The molecule has 1 aliphatic rings. The molecule has 15 heavy (non-hydrogen) atoms. The lowest BCUT2D eigenvalue weighted by atomic mass is 10.1. The first-order valence-electron chi connectivity index (χ1n) is 5.46. The van der Waals surface area contributed by atoms with Crippen LogP contribution in [0.1, 0.15) is 31.5 Å². The fourth-order valence-electron chi connectivity index (χ4n) is 1.84. The summed E-state index contributed by atoms with van der Waals surface area (Å²) in [5, 5.41) is 3.55. The summed E-state index contributed by atoms with van der Waals surface area (Å²) in [6.07, 6.45) is 7.42. The minimum atomic E-state index is 0.266. The normalized spacial score (nSPS) is 20.1. The van der Waals surface area contributed by atoms with E-state index in [0.29, 0.717) is 6.04 Å². The van der Waals surface area contributed by atoms with Crippen LogP contribution < -0.4 is 5.32 Å². The Morgan fingerprint density at radius 2 is 2.20 bits per heavy atom. The van der Waals surface area contributed by atoms with Crippen molar-refractivity contribution in [3.63, 3.8) is 0 Å². The Morgan fingerprint density at radius 1 is 1.40 bits per heavy atom. The van der Waals surface area contributed by atoms with Gasteiger partial charge in [0, 0.05) is 43.9 Å². The second-order valence-electron chi connectivity index (χ2n) is 3.91. The quantitative estimate of drug-likeness (QED) is 0.811. The molecule has 82 valence electrons. The molecular weight excluding hydrogens is 190 g/mol. The SMILES string of the molecule is CC(NC1CCOCC1)c1cnccn1. The van der Waals surface area contributed by atoms with Crippen LogP contribution in [0.5, 0.6) is 0 Å². The summed E-state index contributed by atoms with van der Waals surface area (Å²) in [4.78, 5) is 8.36. The van der Waals surface area contributed by atoms with Crippen molar-refractivity contribution < 1.29 is 4.74 Å². The van der Waals surface area contributed by atoms with E-state index < -0.39 is 0 Å². The molecule has 1 aliphatic heterocycles. The zero-order chi connectivity index (χ0) is 10.5. The summed E-state index contributed by atoms with van der Waals surface area (Å²) in [5.41, 5.74) is 1.00. The molecule has 1 fully saturated rings. The maximum atomic E-state index is 5.32. The molecule has 1 saturated heterocycles. The second-order valence-corrected chi connectivity index (χ2v) is 3.91.